The van der Waals surface area contributed by atoms with E-state index in [0.29, 0.717) is 29.0 Å². The average molecular weight is 397 g/mol. The van der Waals surface area contributed by atoms with E-state index in [2.05, 4.69) is 15.9 Å². The highest BCUT2D eigenvalue weighted by atomic mass is 79.9. The Morgan fingerprint density at radius 1 is 1.25 bits per heavy atom. The van der Waals surface area contributed by atoms with Crippen molar-refractivity contribution in [1.82, 2.24) is 0 Å². The normalized spacial score (nSPS) is 12.7. The molecule has 1 aromatic rings. The van der Waals surface area contributed by atoms with Crippen molar-refractivity contribution in [2.24, 2.45) is 0 Å². The quantitative estimate of drug-likeness (QED) is 0.387. The minimum Gasteiger partial charge on any atom is -0.511 e. The number of carbonyl (C=O) groups is 1. The first-order valence-electron chi connectivity index (χ1n) is 7.97. The first-order chi connectivity index (χ1) is 11.3. The van der Waals surface area contributed by atoms with E-state index < -0.39 is 0 Å². The van der Waals surface area contributed by atoms with Gasteiger partial charge < -0.3 is 14.6 Å². The molecule has 0 heterocycles. The number of ether oxygens (including phenoxy) is 2. The highest BCUT2D eigenvalue weighted by molar-refractivity contribution is 9.11. The minimum atomic E-state index is -0.278. The van der Waals surface area contributed by atoms with Crippen LogP contribution < -0.4 is 4.74 Å². The highest BCUT2D eigenvalue weighted by Gasteiger charge is 2.13. The molecule has 0 bridgehead atoms. The molecule has 1 aromatic carbocycles. The molecular formula is C19H25BrO4. The van der Waals surface area contributed by atoms with Crippen molar-refractivity contribution in [2.45, 2.75) is 47.5 Å². The molecule has 1 N–H and O–H groups in total. The summed E-state index contributed by atoms with van der Waals surface area (Å²) in [6, 6.07) is 3.88. The smallest absolute Gasteiger partial charge is 0.310 e. The second-order valence-corrected chi connectivity index (χ2v) is 6.38. The van der Waals surface area contributed by atoms with E-state index in [1.54, 1.807) is 19.9 Å². The lowest BCUT2D eigenvalue weighted by molar-refractivity contribution is -0.142. The summed E-state index contributed by atoms with van der Waals surface area (Å²) in [7, 11) is 0. The van der Waals surface area contributed by atoms with Crippen molar-refractivity contribution >= 4 is 21.9 Å². The zero-order valence-corrected chi connectivity index (χ0v) is 16.5. The largest absolute Gasteiger partial charge is 0.511 e. The third-order valence-electron chi connectivity index (χ3n) is 3.54. The molecule has 1 rings (SSSR count). The van der Waals surface area contributed by atoms with Gasteiger partial charge >= 0.3 is 5.97 Å². The number of carbonyl (C=O) groups excluding carboxylic acids is 1. The molecule has 0 fully saturated rings. The maximum Gasteiger partial charge on any atom is 0.310 e. The Morgan fingerprint density at radius 3 is 2.42 bits per heavy atom. The zero-order chi connectivity index (χ0) is 18.3. The van der Waals surface area contributed by atoms with Gasteiger partial charge in [0.25, 0.3) is 0 Å². The van der Waals surface area contributed by atoms with Gasteiger partial charge in [-0.25, -0.2) is 0 Å². The lowest BCUT2D eigenvalue weighted by Crippen LogP contribution is -2.09. The van der Waals surface area contributed by atoms with Crippen LogP contribution in [0.15, 0.2) is 34.2 Å². The fraction of sp³-hybridized carbons (Fsp3) is 0.421. The van der Waals surface area contributed by atoms with E-state index in [9.17, 15) is 9.90 Å². The fourth-order valence-corrected chi connectivity index (χ4v) is 2.30. The van der Waals surface area contributed by atoms with E-state index in [-0.39, 0.29) is 18.1 Å². The van der Waals surface area contributed by atoms with Gasteiger partial charge in [-0.05, 0) is 66.9 Å². The van der Waals surface area contributed by atoms with Gasteiger partial charge in [-0.3, -0.25) is 4.79 Å². The van der Waals surface area contributed by atoms with Crippen LogP contribution in [0.3, 0.4) is 0 Å². The number of rotatable bonds is 7. The van der Waals surface area contributed by atoms with Crippen molar-refractivity contribution in [3.63, 3.8) is 0 Å². The van der Waals surface area contributed by atoms with Gasteiger partial charge in [-0.1, -0.05) is 13.0 Å². The Labute approximate surface area is 152 Å². The standard InChI is InChI=1S/C19H25BrO4/c1-6-16(11-17(20)14(5)21)24-18-9-13(4)12(3)8-15(18)10-19(22)23-7-2/h8-9,11,21H,6-7,10H2,1-5H3/b16-11?,17-14-. The number of benzene rings is 1. The van der Waals surface area contributed by atoms with Gasteiger partial charge in [-0.15, -0.1) is 0 Å². The summed E-state index contributed by atoms with van der Waals surface area (Å²) in [6.07, 6.45) is 2.55. The highest BCUT2D eigenvalue weighted by Crippen LogP contribution is 2.27. The Balaban J connectivity index is 3.19. The van der Waals surface area contributed by atoms with Crippen LogP contribution in [0.5, 0.6) is 5.75 Å². The van der Waals surface area contributed by atoms with E-state index in [1.165, 1.54) is 0 Å². The van der Waals surface area contributed by atoms with E-state index in [0.717, 1.165) is 16.7 Å². The Kier molecular flexibility index (Phi) is 8.05. The topological polar surface area (TPSA) is 55.8 Å². The van der Waals surface area contributed by atoms with Crippen molar-refractivity contribution < 1.29 is 19.4 Å². The monoisotopic (exact) mass is 396 g/mol. The number of aryl methyl sites for hydroxylation is 2. The van der Waals surface area contributed by atoms with Crippen LogP contribution in [0.1, 0.15) is 43.9 Å². The molecule has 0 amide bonds. The number of aliphatic hydroxyl groups excluding tert-OH is 1. The van der Waals surface area contributed by atoms with Gasteiger partial charge in [-0.2, -0.15) is 0 Å². The molecule has 0 atom stereocenters. The fourth-order valence-electron chi connectivity index (χ4n) is 2.04. The Bertz CT molecular complexity index is 656. The van der Waals surface area contributed by atoms with Crippen molar-refractivity contribution in [3.05, 3.63) is 50.9 Å². The maximum atomic E-state index is 11.8. The van der Waals surface area contributed by atoms with Crippen molar-refractivity contribution in [1.29, 1.82) is 0 Å². The zero-order valence-electron chi connectivity index (χ0n) is 14.9. The van der Waals surface area contributed by atoms with E-state index in [4.69, 9.17) is 9.47 Å². The van der Waals surface area contributed by atoms with Crippen LogP contribution in [-0.2, 0) is 16.0 Å². The Morgan fingerprint density at radius 2 is 1.88 bits per heavy atom. The number of aliphatic hydroxyl groups is 1. The molecule has 132 valence electrons. The van der Waals surface area contributed by atoms with Crippen molar-refractivity contribution in [3.8, 4) is 5.75 Å². The molecule has 4 nitrogen and oxygen atoms in total. The molecule has 0 spiro atoms. The van der Waals surface area contributed by atoms with Gasteiger partial charge in [0, 0.05) is 12.0 Å². The summed E-state index contributed by atoms with van der Waals surface area (Å²) in [6.45, 7) is 9.70. The van der Waals surface area contributed by atoms with Gasteiger partial charge in [0.1, 0.15) is 17.3 Å². The second-order valence-electron chi connectivity index (χ2n) is 5.53. The summed E-state index contributed by atoms with van der Waals surface area (Å²) in [5, 5.41) is 9.52. The first-order valence-corrected chi connectivity index (χ1v) is 8.77. The van der Waals surface area contributed by atoms with E-state index >= 15 is 0 Å². The van der Waals surface area contributed by atoms with Crippen LogP contribution in [0.25, 0.3) is 0 Å². The predicted molar refractivity (Wildman–Crippen MR) is 99.5 cm³/mol. The first kappa shape index (κ1) is 20.3. The molecule has 0 unspecified atom stereocenters. The molecule has 0 aromatic heterocycles. The van der Waals surface area contributed by atoms with Crippen LogP contribution in [-0.4, -0.2) is 17.7 Å². The third-order valence-corrected chi connectivity index (χ3v) is 4.34. The molecular weight excluding hydrogens is 372 g/mol. The molecule has 0 radical (unpaired) electrons. The Hall–Kier alpha value is -1.75. The second kappa shape index (κ2) is 9.52. The predicted octanol–water partition coefficient (Wildman–Crippen LogP) is 5.27. The number of hydrogen-bond acceptors (Lipinski definition) is 4. The van der Waals surface area contributed by atoms with Crippen LogP contribution in [0.2, 0.25) is 0 Å². The number of hydrogen-bond donors (Lipinski definition) is 1. The number of halogens is 1. The summed E-state index contributed by atoms with van der Waals surface area (Å²) >= 11 is 3.30. The minimum absolute atomic E-state index is 0.164. The molecule has 5 heteroatoms. The number of allylic oxidation sites excluding steroid dienone is 4. The van der Waals surface area contributed by atoms with Gasteiger partial charge in [0.2, 0.25) is 0 Å². The third kappa shape index (κ3) is 6.04. The molecule has 0 saturated heterocycles. The van der Waals surface area contributed by atoms with Crippen LogP contribution >= 0.6 is 15.9 Å². The molecule has 0 aliphatic rings. The van der Waals surface area contributed by atoms with Gasteiger partial charge in [0.05, 0.1) is 17.5 Å². The van der Waals surface area contributed by atoms with Crippen LogP contribution in [0, 0.1) is 13.8 Å². The maximum absolute atomic E-state index is 11.8. The SMILES string of the molecule is CCOC(=O)Cc1cc(C)c(C)cc1OC(=C/C(Br)=C(\C)O)CC. The van der Waals surface area contributed by atoms with E-state index in [1.807, 2.05) is 32.9 Å². The lowest BCUT2D eigenvalue weighted by atomic mass is 10.0. The summed E-state index contributed by atoms with van der Waals surface area (Å²) in [5.41, 5.74) is 2.97. The summed E-state index contributed by atoms with van der Waals surface area (Å²) in [5.74, 6) is 1.22. The van der Waals surface area contributed by atoms with Gasteiger partial charge in [0.15, 0.2) is 0 Å². The molecule has 0 saturated carbocycles. The van der Waals surface area contributed by atoms with Crippen LogP contribution in [0.4, 0.5) is 0 Å². The summed E-state index contributed by atoms with van der Waals surface area (Å²) in [4.78, 5) is 11.8. The molecule has 0 aliphatic carbocycles. The van der Waals surface area contributed by atoms with Crippen molar-refractivity contribution in [2.75, 3.05) is 6.61 Å². The molecule has 0 aliphatic heterocycles. The average Bonchev–Trinajstić information content (AvgIpc) is 2.51. The summed E-state index contributed by atoms with van der Waals surface area (Å²) < 4.78 is 11.6. The molecule has 24 heavy (non-hydrogen) atoms. The number of esters is 1. The lowest BCUT2D eigenvalue weighted by Gasteiger charge is -2.15.